The van der Waals surface area contributed by atoms with Crippen LogP contribution in [0.4, 0.5) is 0 Å². The maximum atomic E-state index is 13.2. The lowest BCUT2D eigenvalue weighted by Gasteiger charge is -2.37. The summed E-state index contributed by atoms with van der Waals surface area (Å²) in [5.41, 5.74) is 1.57. The molecule has 3 aliphatic heterocycles. The molecule has 3 N–H and O–H groups in total. The van der Waals surface area contributed by atoms with Crippen LogP contribution in [0.2, 0.25) is 0 Å². The predicted molar refractivity (Wildman–Crippen MR) is 114 cm³/mol. The second-order valence-electron chi connectivity index (χ2n) is 9.40. The highest BCUT2D eigenvalue weighted by Crippen LogP contribution is 2.33. The lowest BCUT2D eigenvalue weighted by molar-refractivity contribution is -0.136. The Hall–Kier alpha value is -2.58. The lowest BCUT2D eigenvalue weighted by atomic mass is 9.74. The molecule has 1 unspecified atom stereocenters. The molecule has 31 heavy (non-hydrogen) atoms. The number of hydrogen-bond donors (Lipinski definition) is 3. The van der Waals surface area contributed by atoms with Crippen molar-refractivity contribution >= 4 is 23.6 Å². The fourth-order valence-electron chi connectivity index (χ4n) is 5.00. The fourth-order valence-corrected chi connectivity index (χ4v) is 5.00. The third-order valence-electron chi connectivity index (χ3n) is 6.89. The van der Waals surface area contributed by atoms with Crippen LogP contribution in [0.5, 0.6) is 0 Å². The van der Waals surface area contributed by atoms with Crippen LogP contribution in [-0.2, 0) is 16.1 Å². The summed E-state index contributed by atoms with van der Waals surface area (Å²) < 4.78 is 0. The molecule has 1 aromatic rings. The van der Waals surface area contributed by atoms with Gasteiger partial charge in [-0.05, 0) is 55.3 Å². The number of nitrogens with one attached hydrogen (secondary N) is 3. The minimum Gasteiger partial charge on any atom is -0.317 e. The number of piperidine rings is 2. The maximum absolute atomic E-state index is 13.2. The van der Waals surface area contributed by atoms with Crippen LogP contribution in [-0.4, -0.2) is 54.2 Å². The van der Waals surface area contributed by atoms with Gasteiger partial charge < -0.3 is 10.6 Å². The molecule has 0 bridgehead atoms. The molecule has 4 amide bonds. The number of rotatable bonds is 6. The van der Waals surface area contributed by atoms with Gasteiger partial charge >= 0.3 is 0 Å². The van der Waals surface area contributed by atoms with Gasteiger partial charge in [0.2, 0.25) is 11.8 Å². The topological polar surface area (TPSA) is 108 Å². The molecule has 0 saturated carbocycles. The van der Waals surface area contributed by atoms with E-state index in [0.29, 0.717) is 23.6 Å². The summed E-state index contributed by atoms with van der Waals surface area (Å²) in [6, 6.07) is 4.31. The van der Waals surface area contributed by atoms with Gasteiger partial charge in [-0.3, -0.25) is 29.4 Å². The predicted octanol–water partition coefficient (Wildman–Crippen LogP) is 1.20. The van der Waals surface area contributed by atoms with E-state index in [-0.39, 0.29) is 24.2 Å². The molecule has 4 rings (SSSR count). The Morgan fingerprint density at radius 3 is 2.52 bits per heavy atom. The molecule has 0 radical (unpaired) electrons. The number of hydrogen-bond acceptors (Lipinski definition) is 6. The first-order valence-corrected chi connectivity index (χ1v) is 11.0. The summed E-state index contributed by atoms with van der Waals surface area (Å²) in [6.07, 6.45) is 2.59. The molecule has 8 nitrogen and oxygen atoms in total. The Balaban J connectivity index is 1.47. The van der Waals surface area contributed by atoms with Gasteiger partial charge in [-0.2, -0.15) is 0 Å². The van der Waals surface area contributed by atoms with Gasteiger partial charge in [0, 0.05) is 19.5 Å². The summed E-state index contributed by atoms with van der Waals surface area (Å²) in [5, 5.41) is 9.12. The highest BCUT2D eigenvalue weighted by atomic mass is 16.2. The summed E-state index contributed by atoms with van der Waals surface area (Å²) >= 11 is 0. The van der Waals surface area contributed by atoms with Gasteiger partial charge in [0.15, 0.2) is 0 Å². The SMILES string of the molecule is CC(C)(CNCc1cccc2c1C(=O)N(C1CCC(=O)NC1=O)C2=O)C1CCNCC1. The van der Waals surface area contributed by atoms with E-state index in [9.17, 15) is 19.2 Å². The van der Waals surface area contributed by atoms with Crippen molar-refractivity contribution in [1.29, 1.82) is 0 Å². The smallest absolute Gasteiger partial charge is 0.262 e. The van der Waals surface area contributed by atoms with Gasteiger partial charge in [0.1, 0.15) is 6.04 Å². The summed E-state index contributed by atoms with van der Waals surface area (Å²) in [5.74, 6) is -1.25. The molecule has 1 atom stereocenters. The van der Waals surface area contributed by atoms with Crippen molar-refractivity contribution in [2.45, 2.75) is 52.1 Å². The zero-order chi connectivity index (χ0) is 22.2. The first kappa shape index (κ1) is 21.6. The average molecular weight is 427 g/mol. The van der Waals surface area contributed by atoms with Crippen LogP contribution in [0.15, 0.2) is 18.2 Å². The Bertz CT molecular complexity index is 920. The van der Waals surface area contributed by atoms with E-state index in [1.807, 2.05) is 6.07 Å². The monoisotopic (exact) mass is 426 g/mol. The number of benzene rings is 1. The van der Waals surface area contributed by atoms with Crippen LogP contribution in [0.3, 0.4) is 0 Å². The zero-order valence-corrected chi connectivity index (χ0v) is 18.1. The van der Waals surface area contributed by atoms with E-state index >= 15 is 0 Å². The normalized spacial score (nSPS) is 22.6. The molecule has 0 aromatic heterocycles. The molecule has 2 saturated heterocycles. The maximum Gasteiger partial charge on any atom is 0.262 e. The first-order valence-electron chi connectivity index (χ1n) is 11.0. The van der Waals surface area contributed by atoms with Gasteiger partial charge in [-0.1, -0.05) is 26.0 Å². The zero-order valence-electron chi connectivity index (χ0n) is 18.1. The molecule has 3 aliphatic rings. The highest BCUT2D eigenvalue weighted by molar-refractivity contribution is 6.24. The molecule has 8 heteroatoms. The van der Waals surface area contributed by atoms with E-state index in [1.54, 1.807) is 12.1 Å². The van der Waals surface area contributed by atoms with Gasteiger partial charge in [0.05, 0.1) is 11.1 Å². The van der Waals surface area contributed by atoms with Crippen molar-refractivity contribution in [1.82, 2.24) is 20.9 Å². The van der Waals surface area contributed by atoms with Crippen LogP contribution < -0.4 is 16.0 Å². The number of imide groups is 2. The van der Waals surface area contributed by atoms with E-state index in [0.717, 1.165) is 42.9 Å². The van der Waals surface area contributed by atoms with Gasteiger partial charge in [0.25, 0.3) is 11.8 Å². The molecule has 0 aliphatic carbocycles. The molecule has 2 fully saturated rings. The molecule has 0 spiro atoms. The van der Waals surface area contributed by atoms with E-state index < -0.39 is 23.8 Å². The average Bonchev–Trinajstić information content (AvgIpc) is 3.00. The molecule has 3 heterocycles. The van der Waals surface area contributed by atoms with Crippen molar-refractivity contribution in [2.24, 2.45) is 11.3 Å². The summed E-state index contributed by atoms with van der Waals surface area (Å²) in [4.78, 5) is 50.8. The number of carbonyl (C=O) groups is 4. The second kappa shape index (κ2) is 8.51. The minimum atomic E-state index is -0.940. The quantitative estimate of drug-likeness (QED) is 0.590. The summed E-state index contributed by atoms with van der Waals surface area (Å²) in [7, 11) is 0. The Kier molecular flexibility index (Phi) is 5.94. The number of carbonyl (C=O) groups excluding carboxylic acids is 4. The summed E-state index contributed by atoms with van der Waals surface area (Å²) in [6.45, 7) is 7.91. The molecule has 1 aromatic carbocycles. The Morgan fingerprint density at radius 2 is 1.81 bits per heavy atom. The van der Waals surface area contributed by atoms with Crippen molar-refractivity contribution in [3.8, 4) is 0 Å². The van der Waals surface area contributed by atoms with E-state index in [4.69, 9.17) is 0 Å². The van der Waals surface area contributed by atoms with E-state index in [2.05, 4.69) is 29.8 Å². The van der Waals surface area contributed by atoms with Crippen LogP contribution in [0, 0.1) is 11.3 Å². The highest BCUT2D eigenvalue weighted by Gasteiger charge is 2.45. The Morgan fingerprint density at radius 1 is 1.06 bits per heavy atom. The minimum absolute atomic E-state index is 0.115. The van der Waals surface area contributed by atoms with Crippen molar-refractivity contribution < 1.29 is 19.2 Å². The number of fused-ring (bicyclic) bond motifs is 1. The number of nitrogens with zero attached hydrogens (tertiary/aromatic N) is 1. The van der Waals surface area contributed by atoms with Crippen molar-refractivity contribution in [3.05, 3.63) is 34.9 Å². The largest absolute Gasteiger partial charge is 0.317 e. The van der Waals surface area contributed by atoms with Gasteiger partial charge in [-0.25, -0.2) is 0 Å². The van der Waals surface area contributed by atoms with Gasteiger partial charge in [-0.15, -0.1) is 0 Å². The standard InChI is InChI=1S/C23H30N4O4/c1-23(2,15-8-10-24-11-9-15)13-25-12-14-4-3-5-16-19(14)22(31)27(21(16)30)17-6-7-18(28)26-20(17)29/h3-5,15,17,24-25H,6-13H2,1-2H3,(H,26,28,29). The third-order valence-corrected chi connectivity index (χ3v) is 6.89. The third kappa shape index (κ3) is 4.14. The van der Waals surface area contributed by atoms with Crippen LogP contribution in [0.1, 0.15) is 65.8 Å². The first-order chi connectivity index (χ1) is 14.8. The molecular weight excluding hydrogens is 396 g/mol. The van der Waals surface area contributed by atoms with Crippen molar-refractivity contribution in [3.63, 3.8) is 0 Å². The van der Waals surface area contributed by atoms with Crippen LogP contribution >= 0.6 is 0 Å². The fraction of sp³-hybridized carbons (Fsp3) is 0.565. The second-order valence-corrected chi connectivity index (χ2v) is 9.40. The van der Waals surface area contributed by atoms with Crippen molar-refractivity contribution in [2.75, 3.05) is 19.6 Å². The molecule has 166 valence electrons. The number of amides is 4. The van der Waals surface area contributed by atoms with E-state index in [1.165, 1.54) is 0 Å². The molecular formula is C23H30N4O4. The lowest BCUT2D eigenvalue weighted by Crippen LogP contribution is -2.54. The Labute approximate surface area is 182 Å². The van der Waals surface area contributed by atoms with Crippen LogP contribution in [0.25, 0.3) is 0 Å².